The molecule has 0 aliphatic carbocycles. The van der Waals surface area contributed by atoms with Gasteiger partial charge < -0.3 is 5.11 Å². The Kier molecular flexibility index (Phi) is 16.2. The minimum absolute atomic E-state index is 0. The molecular formula is C2H5LiOS. The van der Waals surface area contributed by atoms with Crippen molar-refractivity contribution >= 4 is 36.4 Å². The van der Waals surface area contributed by atoms with Gasteiger partial charge in [-0.1, -0.05) is 12.2 Å². The Hall–Kier alpha value is 0.647. The Labute approximate surface area is 48.6 Å². The molecule has 0 aromatic heterocycles. The van der Waals surface area contributed by atoms with Crippen LogP contribution < -0.4 is 0 Å². The summed E-state index contributed by atoms with van der Waals surface area (Å²) in [5.41, 5.74) is 0. The molecular weight excluding hydrogens is 79.0 g/mol. The number of hydrogen-bond acceptors (Lipinski definition) is 2. The third-order valence-electron chi connectivity index (χ3n) is 0.0745. The topological polar surface area (TPSA) is 20.2 Å². The average Bonchev–Trinajstić information content (AvgIpc) is 1.37. The Morgan fingerprint density at radius 3 is 2.00 bits per heavy atom. The van der Waals surface area contributed by atoms with E-state index in [0.29, 0.717) is 0 Å². The van der Waals surface area contributed by atoms with Crippen molar-refractivity contribution in [1.82, 2.24) is 0 Å². The average molecular weight is 84.1 g/mol. The van der Waals surface area contributed by atoms with E-state index in [9.17, 15) is 0 Å². The molecule has 0 saturated carbocycles. The van der Waals surface area contributed by atoms with Crippen molar-refractivity contribution in [2.24, 2.45) is 0 Å². The maximum absolute atomic E-state index is 7.72. The molecule has 1 N–H and O–H groups in total. The van der Waals surface area contributed by atoms with Crippen LogP contribution in [0, 0.1) is 0 Å². The third kappa shape index (κ3) is 12.0. The first kappa shape index (κ1) is 9.17. The molecule has 0 rings (SSSR count). The van der Waals surface area contributed by atoms with E-state index >= 15 is 0 Å². The van der Waals surface area contributed by atoms with Crippen LogP contribution in [0.1, 0.15) is 0 Å². The molecule has 26 valence electrons. The van der Waals surface area contributed by atoms with Gasteiger partial charge in [-0.3, -0.25) is 0 Å². The quantitative estimate of drug-likeness (QED) is 0.336. The molecule has 5 heavy (non-hydrogen) atoms. The normalized spacial score (nSPS) is 5.00. The summed E-state index contributed by atoms with van der Waals surface area (Å²) in [6.45, 7) is 0.00926. The van der Waals surface area contributed by atoms with E-state index < -0.39 is 0 Å². The van der Waals surface area contributed by atoms with E-state index in [1.807, 2.05) is 0 Å². The maximum atomic E-state index is 7.72. The van der Waals surface area contributed by atoms with Gasteiger partial charge in [0.2, 0.25) is 0 Å². The van der Waals surface area contributed by atoms with Crippen LogP contribution >= 0.6 is 12.2 Å². The van der Waals surface area contributed by atoms with Gasteiger partial charge in [0, 0.05) is 5.37 Å². The summed E-state index contributed by atoms with van der Waals surface area (Å²) in [6, 6.07) is 0. The van der Waals surface area contributed by atoms with Crippen molar-refractivity contribution < 1.29 is 5.11 Å². The molecule has 0 aliphatic rings. The van der Waals surface area contributed by atoms with E-state index in [-0.39, 0.29) is 25.5 Å². The van der Waals surface area contributed by atoms with E-state index in [1.165, 1.54) is 5.37 Å². The SMILES string of the molecule is OCC=S.[LiH]. The monoisotopic (exact) mass is 84.0 g/mol. The Morgan fingerprint density at radius 1 is 1.80 bits per heavy atom. The molecule has 1 nitrogen and oxygen atoms in total. The van der Waals surface area contributed by atoms with Crippen LogP contribution in [0.25, 0.3) is 0 Å². The van der Waals surface area contributed by atoms with Crippen LogP contribution in [-0.2, 0) is 0 Å². The molecule has 0 aromatic rings. The fourth-order valence-electron chi connectivity index (χ4n) is 0. The van der Waals surface area contributed by atoms with E-state index in [4.69, 9.17) is 5.11 Å². The van der Waals surface area contributed by atoms with Gasteiger partial charge in [-0.2, -0.15) is 0 Å². The first-order chi connectivity index (χ1) is 1.91. The predicted molar refractivity (Wildman–Crippen MR) is 27.9 cm³/mol. The van der Waals surface area contributed by atoms with Gasteiger partial charge in [0.1, 0.15) is 0 Å². The second-order valence-corrected chi connectivity index (χ2v) is 0.683. The van der Waals surface area contributed by atoms with Crippen molar-refractivity contribution in [1.29, 1.82) is 0 Å². The van der Waals surface area contributed by atoms with Crippen molar-refractivity contribution in [2.45, 2.75) is 0 Å². The summed E-state index contributed by atoms with van der Waals surface area (Å²) in [7, 11) is 0. The minimum atomic E-state index is 0. The first-order valence-electron chi connectivity index (χ1n) is 0.960. The Bertz CT molecular complexity index is 23.6. The van der Waals surface area contributed by atoms with Crippen molar-refractivity contribution in [3.05, 3.63) is 0 Å². The molecule has 0 atom stereocenters. The van der Waals surface area contributed by atoms with Gasteiger partial charge in [-0.05, 0) is 0 Å². The van der Waals surface area contributed by atoms with Gasteiger partial charge in [-0.25, -0.2) is 0 Å². The molecule has 0 amide bonds. The van der Waals surface area contributed by atoms with Crippen LogP contribution in [0.3, 0.4) is 0 Å². The van der Waals surface area contributed by atoms with Gasteiger partial charge in [0.25, 0.3) is 0 Å². The molecule has 0 aromatic carbocycles. The molecule has 0 aliphatic heterocycles. The van der Waals surface area contributed by atoms with Gasteiger partial charge in [-0.15, -0.1) is 0 Å². The molecule has 3 heteroatoms. The van der Waals surface area contributed by atoms with Crippen LogP contribution in [0.15, 0.2) is 0 Å². The van der Waals surface area contributed by atoms with Crippen molar-refractivity contribution in [2.75, 3.05) is 6.61 Å². The summed E-state index contributed by atoms with van der Waals surface area (Å²) in [5.74, 6) is 0. The van der Waals surface area contributed by atoms with E-state index in [2.05, 4.69) is 12.2 Å². The molecule has 0 spiro atoms. The molecule has 0 fully saturated rings. The second kappa shape index (κ2) is 8.82. The van der Waals surface area contributed by atoms with Crippen LogP contribution in [0.5, 0.6) is 0 Å². The molecule has 0 radical (unpaired) electrons. The van der Waals surface area contributed by atoms with Gasteiger partial charge in [0.05, 0.1) is 6.61 Å². The zero-order chi connectivity index (χ0) is 3.41. The summed E-state index contributed by atoms with van der Waals surface area (Å²) < 4.78 is 0. The van der Waals surface area contributed by atoms with Gasteiger partial charge in [0.15, 0.2) is 0 Å². The number of rotatable bonds is 1. The van der Waals surface area contributed by atoms with Crippen LogP contribution in [0.4, 0.5) is 0 Å². The van der Waals surface area contributed by atoms with Crippen molar-refractivity contribution in [3.63, 3.8) is 0 Å². The number of aliphatic hydroxyl groups excluding tert-OH is 1. The molecule has 0 bridgehead atoms. The number of thiocarbonyl (C=S) groups is 1. The number of aliphatic hydroxyl groups is 1. The second-order valence-electron chi connectivity index (χ2n) is 0.349. The van der Waals surface area contributed by atoms with E-state index in [1.54, 1.807) is 0 Å². The predicted octanol–water partition coefficient (Wildman–Crippen LogP) is -0.670. The molecule has 0 unspecified atom stereocenters. The third-order valence-corrected chi connectivity index (χ3v) is 0.224. The summed E-state index contributed by atoms with van der Waals surface area (Å²) in [4.78, 5) is 0. The Balaban J connectivity index is 0. The molecule has 0 saturated heterocycles. The first-order valence-corrected chi connectivity index (χ1v) is 1.43. The fraction of sp³-hybridized carbons (Fsp3) is 0.500. The summed E-state index contributed by atoms with van der Waals surface area (Å²) in [5, 5.41) is 8.98. The summed E-state index contributed by atoms with van der Waals surface area (Å²) in [6.07, 6.45) is 0. The van der Waals surface area contributed by atoms with Gasteiger partial charge >= 0.3 is 18.9 Å². The zero-order valence-electron chi connectivity index (χ0n) is 2.14. The Morgan fingerprint density at radius 2 is 2.00 bits per heavy atom. The fourth-order valence-corrected chi connectivity index (χ4v) is 0. The van der Waals surface area contributed by atoms with Crippen molar-refractivity contribution in [3.8, 4) is 0 Å². The standard InChI is InChI=1S/C2H4OS.Li.H/c3-1-2-4;;/h2-3H,1H2;;. The van der Waals surface area contributed by atoms with E-state index in [0.717, 1.165) is 0 Å². The van der Waals surface area contributed by atoms with Crippen LogP contribution in [0.2, 0.25) is 0 Å². The summed E-state index contributed by atoms with van der Waals surface area (Å²) >= 11 is 4.18. The van der Waals surface area contributed by atoms with Crippen LogP contribution in [-0.4, -0.2) is 35.9 Å². The number of hydrogen-bond donors (Lipinski definition) is 1. The zero-order valence-corrected chi connectivity index (χ0v) is 2.96. The molecule has 0 heterocycles.